The van der Waals surface area contributed by atoms with E-state index in [2.05, 4.69) is 5.32 Å². The molecule has 3 rings (SSSR count). The van der Waals surface area contributed by atoms with Crippen molar-refractivity contribution in [2.45, 2.75) is 0 Å². The SMILES string of the molecule is O=C(Nc1cccc(O)c1)c1cc2cc([N+](=O)[O-])ccc2oc1=O. The van der Waals surface area contributed by atoms with Gasteiger partial charge < -0.3 is 14.8 Å². The van der Waals surface area contributed by atoms with Gasteiger partial charge in [-0.1, -0.05) is 6.07 Å². The standard InChI is InChI=1S/C16H10N2O6/c19-12-3-1-2-10(8-12)17-15(20)13-7-9-6-11(18(22)23)4-5-14(9)24-16(13)21/h1-8,19H,(H,17,20). The predicted octanol–water partition coefficient (Wildman–Crippen LogP) is 2.66. The summed E-state index contributed by atoms with van der Waals surface area (Å²) < 4.78 is 5.02. The van der Waals surface area contributed by atoms with E-state index in [1.807, 2.05) is 0 Å². The first-order chi connectivity index (χ1) is 11.4. The van der Waals surface area contributed by atoms with Crippen molar-refractivity contribution in [2.24, 2.45) is 0 Å². The van der Waals surface area contributed by atoms with Gasteiger partial charge in [0.25, 0.3) is 11.6 Å². The number of phenols is 1. The monoisotopic (exact) mass is 326 g/mol. The van der Waals surface area contributed by atoms with Crippen LogP contribution in [0, 0.1) is 10.1 Å². The number of hydrogen-bond acceptors (Lipinski definition) is 6. The minimum Gasteiger partial charge on any atom is -0.508 e. The van der Waals surface area contributed by atoms with Crippen molar-refractivity contribution in [1.29, 1.82) is 0 Å². The molecule has 0 bridgehead atoms. The van der Waals surface area contributed by atoms with Crippen LogP contribution in [0.4, 0.5) is 11.4 Å². The maximum Gasteiger partial charge on any atom is 0.349 e. The molecule has 3 aromatic rings. The van der Waals surface area contributed by atoms with Crippen LogP contribution in [-0.4, -0.2) is 15.9 Å². The van der Waals surface area contributed by atoms with E-state index in [9.17, 15) is 24.8 Å². The molecule has 8 nitrogen and oxygen atoms in total. The summed E-state index contributed by atoms with van der Waals surface area (Å²) in [7, 11) is 0. The Morgan fingerprint density at radius 2 is 1.96 bits per heavy atom. The van der Waals surface area contributed by atoms with Gasteiger partial charge >= 0.3 is 5.63 Å². The summed E-state index contributed by atoms with van der Waals surface area (Å²) in [6, 6.07) is 10.7. The quantitative estimate of drug-likeness (QED) is 0.433. The maximum absolute atomic E-state index is 12.2. The predicted molar refractivity (Wildman–Crippen MR) is 85.2 cm³/mol. The van der Waals surface area contributed by atoms with Crippen LogP contribution in [0.25, 0.3) is 11.0 Å². The third kappa shape index (κ3) is 2.93. The molecule has 8 heteroatoms. The van der Waals surface area contributed by atoms with Gasteiger partial charge in [-0.3, -0.25) is 14.9 Å². The van der Waals surface area contributed by atoms with Crippen LogP contribution in [0.15, 0.2) is 57.7 Å². The van der Waals surface area contributed by atoms with Gasteiger partial charge in [0.2, 0.25) is 0 Å². The fraction of sp³-hybridized carbons (Fsp3) is 0. The van der Waals surface area contributed by atoms with Crippen LogP contribution in [0.3, 0.4) is 0 Å². The van der Waals surface area contributed by atoms with Gasteiger partial charge in [-0.25, -0.2) is 4.79 Å². The van der Waals surface area contributed by atoms with E-state index >= 15 is 0 Å². The van der Waals surface area contributed by atoms with E-state index in [1.54, 1.807) is 0 Å². The Kier molecular flexibility index (Phi) is 3.70. The van der Waals surface area contributed by atoms with Crippen molar-refractivity contribution in [3.05, 3.63) is 74.6 Å². The van der Waals surface area contributed by atoms with Crippen LogP contribution in [-0.2, 0) is 0 Å². The molecule has 0 saturated carbocycles. The second-order valence-corrected chi connectivity index (χ2v) is 4.93. The Labute approximate surface area is 134 Å². The molecule has 0 radical (unpaired) electrons. The highest BCUT2D eigenvalue weighted by Crippen LogP contribution is 2.21. The number of nitro groups is 1. The van der Waals surface area contributed by atoms with Crippen molar-refractivity contribution in [3.8, 4) is 5.75 Å². The Balaban J connectivity index is 2.01. The van der Waals surface area contributed by atoms with Gasteiger partial charge in [-0.2, -0.15) is 0 Å². The number of carbonyl (C=O) groups is 1. The number of nitro benzene ring substituents is 1. The molecule has 0 aliphatic rings. The Morgan fingerprint density at radius 3 is 2.67 bits per heavy atom. The highest BCUT2D eigenvalue weighted by molar-refractivity contribution is 6.05. The minimum absolute atomic E-state index is 0.0472. The molecule has 0 aliphatic heterocycles. The topological polar surface area (TPSA) is 123 Å². The Hall–Kier alpha value is -3.68. The first kappa shape index (κ1) is 15.2. The normalized spacial score (nSPS) is 10.5. The summed E-state index contributed by atoms with van der Waals surface area (Å²) in [5.41, 5.74) is -0.922. The number of nitrogens with zero attached hydrogens (tertiary/aromatic N) is 1. The zero-order valence-electron chi connectivity index (χ0n) is 12.1. The van der Waals surface area contributed by atoms with Gasteiger partial charge in [-0.05, 0) is 24.3 Å². The average molecular weight is 326 g/mol. The smallest absolute Gasteiger partial charge is 0.349 e. The number of aromatic hydroxyl groups is 1. The second-order valence-electron chi connectivity index (χ2n) is 4.93. The Morgan fingerprint density at radius 1 is 1.17 bits per heavy atom. The van der Waals surface area contributed by atoms with E-state index in [0.29, 0.717) is 5.69 Å². The molecular formula is C16H10N2O6. The third-order valence-electron chi connectivity index (χ3n) is 3.28. The summed E-state index contributed by atoms with van der Waals surface area (Å²) in [4.78, 5) is 34.4. The van der Waals surface area contributed by atoms with Crippen molar-refractivity contribution in [3.63, 3.8) is 0 Å². The lowest BCUT2D eigenvalue weighted by molar-refractivity contribution is -0.384. The number of phenolic OH excluding ortho intramolecular Hbond substituents is 1. The zero-order valence-corrected chi connectivity index (χ0v) is 12.1. The van der Waals surface area contributed by atoms with Crippen LogP contribution in [0.5, 0.6) is 5.75 Å². The molecule has 1 amide bonds. The van der Waals surface area contributed by atoms with Gasteiger partial charge in [0, 0.05) is 29.3 Å². The van der Waals surface area contributed by atoms with Crippen LogP contribution >= 0.6 is 0 Å². The summed E-state index contributed by atoms with van der Waals surface area (Å²) in [5, 5.41) is 22.9. The first-order valence-electron chi connectivity index (χ1n) is 6.77. The number of rotatable bonds is 3. The number of carbonyl (C=O) groups excluding carboxylic acids is 1. The lowest BCUT2D eigenvalue weighted by Crippen LogP contribution is -2.20. The van der Waals surface area contributed by atoms with Crippen molar-refractivity contribution in [1.82, 2.24) is 0 Å². The van der Waals surface area contributed by atoms with E-state index in [-0.39, 0.29) is 28.0 Å². The van der Waals surface area contributed by atoms with Gasteiger partial charge in [0.1, 0.15) is 16.9 Å². The van der Waals surface area contributed by atoms with Gasteiger partial charge in [-0.15, -0.1) is 0 Å². The number of amides is 1. The molecule has 0 aliphatic carbocycles. The third-order valence-corrected chi connectivity index (χ3v) is 3.28. The fourth-order valence-electron chi connectivity index (χ4n) is 2.16. The first-order valence-corrected chi connectivity index (χ1v) is 6.77. The van der Waals surface area contributed by atoms with Crippen LogP contribution in [0.1, 0.15) is 10.4 Å². The molecule has 120 valence electrons. The molecule has 1 heterocycles. The second kappa shape index (κ2) is 5.84. The van der Waals surface area contributed by atoms with E-state index < -0.39 is 16.5 Å². The molecular weight excluding hydrogens is 316 g/mol. The van der Waals surface area contributed by atoms with Gasteiger partial charge in [0.05, 0.1) is 4.92 Å². The minimum atomic E-state index is -0.867. The summed E-state index contributed by atoms with van der Waals surface area (Å²) in [5.74, 6) is -0.795. The van der Waals surface area contributed by atoms with E-state index in [4.69, 9.17) is 4.42 Å². The fourth-order valence-corrected chi connectivity index (χ4v) is 2.16. The van der Waals surface area contributed by atoms with Crippen molar-refractivity contribution < 1.29 is 19.2 Å². The molecule has 1 aromatic heterocycles. The molecule has 0 saturated heterocycles. The number of fused-ring (bicyclic) bond motifs is 1. The lowest BCUT2D eigenvalue weighted by atomic mass is 10.1. The molecule has 0 fully saturated rings. The van der Waals surface area contributed by atoms with Crippen molar-refractivity contribution >= 4 is 28.3 Å². The molecule has 2 N–H and O–H groups in total. The maximum atomic E-state index is 12.2. The Bertz CT molecular complexity index is 1020. The summed E-state index contributed by atoms with van der Waals surface area (Å²) in [6.45, 7) is 0. The number of hydrogen-bond donors (Lipinski definition) is 2. The molecule has 0 spiro atoms. The number of non-ortho nitro benzene ring substituents is 1. The average Bonchev–Trinajstić information content (AvgIpc) is 2.53. The van der Waals surface area contributed by atoms with Gasteiger partial charge in [0.15, 0.2) is 0 Å². The molecule has 24 heavy (non-hydrogen) atoms. The lowest BCUT2D eigenvalue weighted by Gasteiger charge is -2.05. The highest BCUT2D eigenvalue weighted by Gasteiger charge is 2.16. The number of anilines is 1. The molecule has 0 atom stereocenters. The molecule has 0 unspecified atom stereocenters. The van der Waals surface area contributed by atoms with Crippen LogP contribution < -0.4 is 10.9 Å². The van der Waals surface area contributed by atoms with Crippen molar-refractivity contribution in [2.75, 3.05) is 5.32 Å². The molecule has 2 aromatic carbocycles. The summed E-state index contributed by atoms with van der Waals surface area (Å²) >= 11 is 0. The largest absolute Gasteiger partial charge is 0.508 e. The van der Waals surface area contributed by atoms with E-state index in [1.165, 1.54) is 48.5 Å². The highest BCUT2D eigenvalue weighted by atomic mass is 16.6. The summed E-state index contributed by atoms with van der Waals surface area (Å²) in [6.07, 6.45) is 0. The number of benzene rings is 2. The van der Waals surface area contributed by atoms with Crippen LogP contribution in [0.2, 0.25) is 0 Å². The number of nitrogens with one attached hydrogen (secondary N) is 1. The van der Waals surface area contributed by atoms with E-state index in [0.717, 1.165) is 0 Å². The zero-order chi connectivity index (χ0) is 17.3.